The smallest absolute Gasteiger partial charge is 0.244 e. The zero-order valence-corrected chi connectivity index (χ0v) is 9.77. The molecule has 5 heteroatoms. The lowest BCUT2D eigenvalue weighted by atomic mass is 10.1. The fourth-order valence-corrected chi connectivity index (χ4v) is 1.86. The van der Waals surface area contributed by atoms with Crippen molar-refractivity contribution in [2.24, 2.45) is 5.41 Å². The molecule has 0 heterocycles. The molecule has 1 saturated carbocycles. The molecule has 1 fully saturated rings. The molecule has 82 valence electrons. The van der Waals surface area contributed by atoms with Gasteiger partial charge in [-0.1, -0.05) is 29.3 Å². The molecular weight excluding hydrogens is 247 g/mol. The molecule has 3 nitrogen and oxygen atoms in total. The van der Waals surface area contributed by atoms with Crippen molar-refractivity contribution in [1.82, 2.24) is 0 Å². The van der Waals surface area contributed by atoms with Crippen molar-refractivity contribution in [3.63, 3.8) is 0 Å². The Morgan fingerprint density at radius 1 is 1.38 bits per heavy atom. The highest BCUT2D eigenvalue weighted by molar-refractivity contribution is 6.39. The van der Waals surface area contributed by atoms with Crippen LogP contribution in [0.5, 0.6) is 0 Å². The number of carbonyl (C=O) groups is 1. The summed E-state index contributed by atoms with van der Waals surface area (Å²) in [7, 11) is 0. The molecule has 0 aromatic heterocycles. The monoisotopic (exact) mass is 254 g/mol. The van der Waals surface area contributed by atoms with E-state index in [1.807, 2.05) is 6.07 Å². The second-order valence-electron chi connectivity index (χ2n) is 3.74. The van der Waals surface area contributed by atoms with E-state index in [2.05, 4.69) is 5.32 Å². The van der Waals surface area contributed by atoms with Gasteiger partial charge in [0.1, 0.15) is 5.41 Å². The van der Waals surface area contributed by atoms with E-state index in [0.29, 0.717) is 28.6 Å². The van der Waals surface area contributed by atoms with E-state index in [0.717, 1.165) is 0 Å². The molecule has 0 aliphatic heterocycles. The van der Waals surface area contributed by atoms with Gasteiger partial charge in [-0.2, -0.15) is 5.26 Å². The van der Waals surface area contributed by atoms with E-state index in [4.69, 9.17) is 28.5 Å². The molecule has 0 atom stereocenters. The Balaban J connectivity index is 2.23. The molecule has 1 aromatic rings. The molecule has 2 rings (SSSR count). The van der Waals surface area contributed by atoms with Crippen molar-refractivity contribution >= 4 is 34.8 Å². The molecule has 0 bridgehead atoms. The maximum atomic E-state index is 11.8. The highest BCUT2D eigenvalue weighted by Gasteiger charge is 2.50. The molecule has 1 N–H and O–H groups in total. The van der Waals surface area contributed by atoms with E-state index < -0.39 is 5.41 Å². The molecule has 0 unspecified atom stereocenters. The van der Waals surface area contributed by atoms with Crippen LogP contribution >= 0.6 is 23.2 Å². The van der Waals surface area contributed by atoms with E-state index >= 15 is 0 Å². The number of nitrogens with one attached hydrogen (secondary N) is 1. The molecule has 16 heavy (non-hydrogen) atoms. The van der Waals surface area contributed by atoms with Crippen LogP contribution in [0.1, 0.15) is 12.8 Å². The molecule has 1 amide bonds. The summed E-state index contributed by atoms with van der Waals surface area (Å²) in [5.41, 5.74) is -0.500. The maximum Gasteiger partial charge on any atom is 0.244 e. The Kier molecular flexibility index (Phi) is 2.79. The summed E-state index contributed by atoms with van der Waals surface area (Å²) in [6, 6.07) is 6.97. The number of benzene rings is 1. The number of halogens is 2. The lowest BCUT2D eigenvalue weighted by Crippen LogP contribution is -2.23. The van der Waals surface area contributed by atoms with Gasteiger partial charge in [-0.25, -0.2) is 0 Å². The Morgan fingerprint density at radius 3 is 2.38 bits per heavy atom. The van der Waals surface area contributed by atoms with Crippen LogP contribution in [0.3, 0.4) is 0 Å². The zero-order chi connectivity index (χ0) is 11.8. The third kappa shape index (κ3) is 1.87. The highest BCUT2D eigenvalue weighted by atomic mass is 35.5. The van der Waals surface area contributed by atoms with Gasteiger partial charge in [0.2, 0.25) is 5.91 Å². The average Bonchev–Trinajstić information content (AvgIpc) is 3.04. The first kappa shape index (κ1) is 11.3. The minimum atomic E-state index is -0.873. The zero-order valence-electron chi connectivity index (χ0n) is 8.26. The first-order chi connectivity index (χ1) is 7.59. The second-order valence-corrected chi connectivity index (χ2v) is 4.56. The van der Waals surface area contributed by atoms with Gasteiger partial charge in [-0.15, -0.1) is 0 Å². The number of hydrogen-bond acceptors (Lipinski definition) is 2. The second kappa shape index (κ2) is 3.97. The Bertz CT molecular complexity index is 469. The van der Waals surface area contributed by atoms with Crippen LogP contribution in [0.25, 0.3) is 0 Å². The number of rotatable bonds is 2. The number of carbonyl (C=O) groups excluding carboxylic acids is 1. The lowest BCUT2D eigenvalue weighted by molar-refractivity contribution is -0.119. The van der Waals surface area contributed by atoms with Crippen LogP contribution in [0.15, 0.2) is 18.2 Å². The summed E-state index contributed by atoms with van der Waals surface area (Å²) in [6.45, 7) is 0. The number of hydrogen-bond donors (Lipinski definition) is 1. The van der Waals surface area contributed by atoms with Gasteiger partial charge in [0.15, 0.2) is 0 Å². The number of nitrogens with zero attached hydrogens (tertiary/aromatic N) is 1. The molecule has 0 saturated heterocycles. The standard InChI is InChI=1S/C11H8Cl2N2O/c12-7-2-1-3-8(13)9(7)15-10(16)11(6-14)4-5-11/h1-3H,4-5H2,(H,15,16). The topological polar surface area (TPSA) is 52.9 Å². The molecule has 1 aromatic carbocycles. The minimum Gasteiger partial charge on any atom is -0.322 e. The fourth-order valence-electron chi connectivity index (χ4n) is 1.37. The van der Waals surface area contributed by atoms with E-state index in [1.165, 1.54) is 0 Å². The van der Waals surface area contributed by atoms with Crippen molar-refractivity contribution in [2.75, 3.05) is 5.32 Å². The van der Waals surface area contributed by atoms with Crippen LogP contribution in [0.2, 0.25) is 10.0 Å². The summed E-state index contributed by atoms with van der Waals surface area (Å²) in [5, 5.41) is 12.2. The minimum absolute atomic E-state index is 0.329. The van der Waals surface area contributed by atoms with Crippen LogP contribution in [-0.4, -0.2) is 5.91 Å². The van der Waals surface area contributed by atoms with Crippen molar-refractivity contribution in [1.29, 1.82) is 5.26 Å². The van der Waals surface area contributed by atoms with Gasteiger partial charge < -0.3 is 5.32 Å². The SMILES string of the molecule is N#CC1(C(=O)Nc2c(Cl)cccc2Cl)CC1. The Hall–Kier alpha value is -1.24. The van der Waals surface area contributed by atoms with Gasteiger partial charge >= 0.3 is 0 Å². The van der Waals surface area contributed by atoms with Crippen molar-refractivity contribution in [3.8, 4) is 6.07 Å². The Labute approximate surface area is 103 Å². The first-order valence-electron chi connectivity index (χ1n) is 4.76. The van der Waals surface area contributed by atoms with Crippen LogP contribution in [0, 0.1) is 16.7 Å². The molecular formula is C11H8Cl2N2O. The summed E-state index contributed by atoms with van der Waals surface area (Å²) >= 11 is 11.8. The number of amides is 1. The van der Waals surface area contributed by atoms with Crippen molar-refractivity contribution < 1.29 is 4.79 Å². The highest BCUT2D eigenvalue weighted by Crippen LogP contribution is 2.46. The summed E-state index contributed by atoms with van der Waals surface area (Å²) in [6.07, 6.45) is 1.19. The lowest BCUT2D eigenvalue weighted by Gasteiger charge is -2.10. The van der Waals surface area contributed by atoms with E-state index in [-0.39, 0.29) is 5.91 Å². The third-order valence-electron chi connectivity index (χ3n) is 2.60. The molecule has 1 aliphatic carbocycles. The van der Waals surface area contributed by atoms with Gasteiger partial charge in [-0.3, -0.25) is 4.79 Å². The Morgan fingerprint density at radius 2 is 1.94 bits per heavy atom. The predicted octanol–water partition coefficient (Wildman–Crippen LogP) is 3.24. The van der Waals surface area contributed by atoms with Gasteiger partial charge in [0.05, 0.1) is 21.8 Å². The average molecular weight is 255 g/mol. The number of anilines is 1. The van der Waals surface area contributed by atoms with Gasteiger partial charge in [0, 0.05) is 0 Å². The number of nitriles is 1. The third-order valence-corrected chi connectivity index (χ3v) is 3.23. The van der Waals surface area contributed by atoms with Crippen LogP contribution in [0.4, 0.5) is 5.69 Å². The first-order valence-corrected chi connectivity index (χ1v) is 5.51. The molecule has 0 spiro atoms. The van der Waals surface area contributed by atoms with Gasteiger partial charge in [0.25, 0.3) is 0 Å². The van der Waals surface area contributed by atoms with Crippen molar-refractivity contribution in [3.05, 3.63) is 28.2 Å². The summed E-state index contributed by atoms with van der Waals surface area (Å²) in [5.74, 6) is -0.329. The largest absolute Gasteiger partial charge is 0.322 e. The normalized spacial score (nSPS) is 16.3. The number of para-hydroxylation sites is 1. The van der Waals surface area contributed by atoms with E-state index in [1.54, 1.807) is 18.2 Å². The molecule has 1 aliphatic rings. The van der Waals surface area contributed by atoms with Crippen LogP contribution in [-0.2, 0) is 4.79 Å². The maximum absolute atomic E-state index is 11.8. The summed E-state index contributed by atoms with van der Waals surface area (Å²) < 4.78 is 0. The predicted molar refractivity (Wildman–Crippen MR) is 62.4 cm³/mol. The molecule has 0 radical (unpaired) electrons. The fraction of sp³-hybridized carbons (Fsp3) is 0.273. The van der Waals surface area contributed by atoms with Gasteiger partial charge in [-0.05, 0) is 25.0 Å². The van der Waals surface area contributed by atoms with E-state index in [9.17, 15) is 4.79 Å². The van der Waals surface area contributed by atoms with Crippen molar-refractivity contribution in [2.45, 2.75) is 12.8 Å². The quantitative estimate of drug-likeness (QED) is 0.881. The summed E-state index contributed by atoms with van der Waals surface area (Å²) in [4.78, 5) is 11.8. The van der Waals surface area contributed by atoms with Crippen LogP contribution < -0.4 is 5.32 Å².